The quantitative estimate of drug-likeness (QED) is 0.652. The summed E-state index contributed by atoms with van der Waals surface area (Å²) >= 11 is 0. The Morgan fingerprint density at radius 3 is 2.14 bits per heavy atom. The van der Waals surface area contributed by atoms with Gasteiger partial charge in [0, 0.05) is 24.7 Å². The second-order valence-corrected chi connectivity index (χ2v) is 6.85. The number of amides is 2. The highest BCUT2D eigenvalue weighted by Crippen LogP contribution is 2.19. The van der Waals surface area contributed by atoms with Gasteiger partial charge in [-0.15, -0.1) is 0 Å². The fourth-order valence-corrected chi connectivity index (χ4v) is 3.07. The van der Waals surface area contributed by atoms with Crippen LogP contribution in [0.15, 0.2) is 84.9 Å². The molecule has 0 aliphatic carbocycles. The molecule has 1 N–H and O–H groups in total. The lowest BCUT2D eigenvalue weighted by Gasteiger charge is -2.23. The molecule has 5 heteroatoms. The van der Waals surface area contributed by atoms with Crippen LogP contribution in [-0.4, -0.2) is 23.8 Å². The third-order valence-electron chi connectivity index (χ3n) is 4.71. The van der Waals surface area contributed by atoms with Gasteiger partial charge in [-0.05, 0) is 23.8 Å². The summed E-state index contributed by atoms with van der Waals surface area (Å²) in [5, 5.41) is 2.95. The number of rotatable bonds is 7. The van der Waals surface area contributed by atoms with Crippen LogP contribution in [0.3, 0.4) is 0 Å². The van der Waals surface area contributed by atoms with Gasteiger partial charge in [0.2, 0.25) is 5.91 Å². The first-order valence-electron chi connectivity index (χ1n) is 9.43. The van der Waals surface area contributed by atoms with Gasteiger partial charge in [0.1, 0.15) is 5.82 Å². The van der Waals surface area contributed by atoms with Crippen molar-refractivity contribution in [2.24, 2.45) is 0 Å². The fraction of sp³-hybridized carbons (Fsp3) is 0.167. The Bertz CT molecular complexity index is 961. The van der Waals surface area contributed by atoms with E-state index in [0.717, 1.165) is 5.56 Å². The Kier molecular flexibility index (Phi) is 6.74. The molecule has 4 nitrogen and oxygen atoms in total. The summed E-state index contributed by atoms with van der Waals surface area (Å²) in [4.78, 5) is 26.9. The zero-order valence-corrected chi connectivity index (χ0v) is 16.2. The molecule has 3 aromatic carbocycles. The molecule has 0 aliphatic rings. The minimum absolute atomic E-state index is 0.0769. The summed E-state index contributed by atoms with van der Waals surface area (Å²) in [6.07, 6.45) is 0.0769. The first-order chi connectivity index (χ1) is 14.0. The van der Waals surface area contributed by atoms with Crippen LogP contribution in [0.4, 0.5) is 4.39 Å². The predicted molar refractivity (Wildman–Crippen MR) is 111 cm³/mol. The largest absolute Gasteiger partial charge is 0.345 e. The lowest BCUT2D eigenvalue weighted by molar-refractivity contribution is -0.131. The van der Waals surface area contributed by atoms with E-state index in [4.69, 9.17) is 0 Å². The molecule has 0 heterocycles. The van der Waals surface area contributed by atoms with Gasteiger partial charge in [0.15, 0.2) is 0 Å². The smallest absolute Gasteiger partial charge is 0.251 e. The van der Waals surface area contributed by atoms with Gasteiger partial charge in [0.05, 0.1) is 12.5 Å². The van der Waals surface area contributed by atoms with Gasteiger partial charge in [-0.2, -0.15) is 0 Å². The van der Waals surface area contributed by atoms with Gasteiger partial charge in [0.25, 0.3) is 5.91 Å². The molecule has 3 rings (SSSR count). The molecule has 0 saturated carbocycles. The van der Waals surface area contributed by atoms with Crippen LogP contribution in [-0.2, 0) is 11.3 Å². The summed E-state index contributed by atoms with van der Waals surface area (Å²) in [5.74, 6) is -0.774. The lowest BCUT2D eigenvalue weighted by atomic mass is 10.0. The zero-order chi connectivity index (χ0) is 20.6. The Hall–Kier alpha value is -3.47. The topological polar surface area (TPSA) is 49.4 Å². The average molecular weight is 390 g/mol. The van der Waals surface area contributed by atoms with Crippen molar-refractivity contribution >= 4 is 11.8 Å². The van der Waals surface area contributed by atoms with Crippen LogP contribution in [0.2, 0.25) is 0 Å². The Balaban J connectivity index is 1.73. The Labute approximate surface area is 170 Å². The van der Waals surface area contributed by atoms with Crippen LogP contribution < -0.4 is 5.32 Å². The summed E-state index contributed by atoms with van der Waals surface area (Å²) in [6.45, 7) is 0.166. The van der Waals surface area contributed by atoms with E-state index in [9.17, 15) is 14.0 Å². The van der Waals surface area contributed by atoms with Crippen LogP contribution in [0.25, 0.3) is 0 Å². The first kappa shape index (κ1) is 20.3. The molecule has 0 saturated heterocycles. The molecule has 0 aromatic heterocycles. The lowest BCUT2D eigenvalue weighted by Crippen LogP contribution is -2.34. The summed E-state index contributed by atoms with van der Waals surface area (Å²) in [7, 11) is 1.63. The molecule has 0 bridgehead atoms. The van der Waals surface area contributed by atoms with Crippen molar-refractivity contribution in [1.29, 1.82) is 0 Å². The fourth-order valence-electron chi connectivity index (χ4n) is 3.07. The van der Waals surface area contributed by atoms with Crippen LogP contribution in [0.5, 0.6) is 0 Å². The van der Waals surface area contributed by atoms with E-state index >= 15 is 0 Å². The second kappa shape index (κ2) is 9.64. The molecule has 29 heavy (non-hydrogen) atoms. The van der Waals surface area contributed by atoms with Gasteiger partial charge in [-0.25, -0.2) is 4.39 Å². The van der Waals surface area contributed by atoms with E-state index in [1.165, 1.54) is 11.0 Å². The maximum Gasteiger partial charge on any atom is 0.251 e. The maximum atomic E-state index is 13.9. The van der Waals surface area contributed by atoms with Crippen LogP contribution in [0, 0.1) is 5.82 Å². The number of carbonyl (C=O) groups is 2. The van der Waals surface area contributed by atoms with E-state index in [2.05, 4.69) is 5.32 Å². The van der Waals surface area contributed by atoms with E-state index < -0.39 is 6.04 Å². The minimum Gasteiger partial charge on any atom is -0.345 e. The minimum atomic E-state index is -0.487. The first-order valence-corrected chi connectivity index (χ1v) is 9.43. The normalized spacial score (nSPS) is 11.5. The number of carbonyl (C=O) groups excluding carboxylic acids is 2. The van der Waals surface area contributed by atoms with E-state index in [1.54, 1.807) is 49.5 Å². The van der Waals surface area contributed by atoms with Crippen molar-refractivity contribution in [3.63, 3.8) is 0 Å². The van der Waals surface area contributed by atoms with Crippen molar-refractivity contribution in [1.82, 2.24) is 10.2 Å². The highest BCUT2D eigenvalue weighted by molar-refractivity contribution is 5.94. The molecule has 3 aromatic rings. The van der Waals surface area contributed by atoms with Gasteiger partial charge < -0.3 is 10.2 Å². The molecule has 148 valence electrons. The predicted octanol–water partition coefficient (Wildman–Crippen LogP) is 4.35. The molecular formula is C24H23FN2O2. The van der Waals surface area contributed by atoms with Crippen LogP contribution in [0.1, 0.15) is 33.9 Å². The third kappa shape index (κ3) is 5.51. The maximum absolute atomic E-state index is 13.9. The molecular weight excluding hydrogens is 367 g/mol. The second-order valence-electron chi connectivity index (χ2n) is 6.85. The molecule has 0 radical (unpaired) electrons. The van der Waals surface area contributed by atoms with Gasteiger partial charge in [-0.3, -0.25) is 9.59 Å². The highest BCUT2D eigenvalue weighted by atomic mass is 19.1. The van der Waals surface area contributed by atoms with Crippen molar-refractivity contribution in [3.8, 4) is 0 Å². The molecule has 0 fully saturated rings. The highest BCUT2D eigenvalue weighted by Gasteiger charge is 2.21. The molecule has 1 unspecified atom stereocenters. The SMILES string of the molecule is CN(Cc1ccccc1F)C(=O)CC(NC(=O)c1ccccc1)c1ccccc1. The Morgan fingerprint density at radius 1 is 0.897 bits per heavy atom. The monoisotopic (exact) mass is 390 g/mol. The average Bonchev–Trinajstić information content (AvgIpc) is 2.76. The number of hydrogen-bond acceptors (Lipinski definition) is 2. The van der Waals surface area contributed by atoms with Crippen molar-refractivity contribution in [2.45, 2.75) is 19.0 Å². The third-order valence-corrected chi connectivity index (χ3v) is 4.71. The van der Waals surface area contributed by atoms with Crippen molar-refractivity contribution < 1.29 is 14.0 Å². The number of benzene rings is 3. The van der Waals surface area contributed by atoms with E-state index in [0.29, 0.717) is 11.1 Å². The molecule has 0 spiro atoms. The van der Waals surface area contributed by atoms with Crippen molar-refractivity contribution in [2.75, 3.05) is 7.05 Å². The summed E-state index contributed by atoms with van der Waals surface area (Å²) in [5.41, 5.74) is 1.82. The van der Waals surface area contributed by atoms with Gasteiger partial charge in [-0.1, -0.05) is 66.7 Å². The van der Waals surface area contributed by atoms with E-state index in [-0.39, 0.29) is 30.6 Å². The summed E-state index contributed by atoms with van der Waals surface area (Å²) in [6, 6.07) is 24.1. The van der Waals surface area contributed by atoms with E-state index in [1.807, 2.05) is 36.4 Å². The number of hydrogen-bond donors (Lipinski definition) is 1. The van der Waals surface area contributed by atoms with Crippen LogP contribution >= 0.6 is 0 Å². The Morgan fingerprint density at radius 2 is 1.48 bits per heavy atom. The van der Waals surface area contributed by atoms with Gasteiger partial charge >= 0.3 is 0 Å². The number of nitrogens with zero attached hydrogens (tertiary/aromatic N) is 1. The van der Waals surface area contributed by atoms with Crippen molar-refractivity contribution in [3.05, 3.63) is 107 Å². The molecule has 1 atom stereocenters. The molecule has 2 amide bonds. The molecule has 0 aliphatic heterocycles. The number of nitrogens with one attached hydrogen (secondary N) is 1. The number of halogens is 1. The summed E-state index contributed by atoms with van der Waals surface area (Å²) < 4.78 is 13.9. The zero-order valence-electron chi connectivity index (χ0n) is 16.2. The standard InChI is InChI=1S/C24H23FN2O2/c1-27(17-20-14-8-9-15-21(20)25)23(28)16-22(18-10-4-2-5-11-18)26-24(29)19-12-6-3-7-13-19/h2-15,22H,16-17H2,1H3,(H,26,29).